The van der Waals surface area contributed by atoms with Gasteiger partial charge in [0.05, 0.1) is 6.54 Å². The molecule has 1 aromatic carbocycles. The first-order valence-electron chi connectivity index (χ1n) is 6.89. The SMILES string of the molecule is Cc1nnc(CN2CCc3c([nH]c4ccccc34)C2)s1. The Morgan fingerprint density at radius 3 is 3.05 bits per heavy atom. The Labute approximate surface area is 121 Å². The van der Waals surface area contributed by atoms with E-state index >= 15 is 0 Å². The fourth-order valence-electron chi connectivity index (χ4n) is 2.98. The van der Waals surface area contributed by atoms with E-state index in [1.807, 2.05) is 6.92 Å². The molecule has 0 spiro atoms. The van der Waals surface area contributed by atoms with Gasteiger partial charge in [-0.3, -0.25) is 4.90 Å². The summed E-state index contributed by atoms with van der Waals surface area (Å²) < 4.78 is 0. The molecule has 2 aromatic heterocycles. The van der Waals surface area contributed by atoms with E-state index in [2.05, 4.69) is 44.3 Å². The summed E-state index contributed by atoms with van der Waals surface area (Å²) >= 11 is 1.69. The van der Waals surface area contributed by atoms with Gasteiger partial charge in [0, 0.05) is 29.7 Å². The van der Waals surface area contributed by atoms with Gasteiger partial charge in [0.25, 0.3) is 0 Å². The summed E-state index contributed by atoms with van der Waals surface area (Å²) in [5, 5.41) is 11.9. The molecule has 0 saturated heterocycles. The van der Waals surface area contributed by atoms with E-state index < -0.39 is 0 Å². The summed E-state index contributed by atoms with van der Waals surface area (Å²) in [6.07, 6.45) is 1.11. The third kappa shape index (κ3) is 2.03. The molecule has 0 unspecified atom stereocenters. The van der Waals surface area contributed by atoms with E-state index in [1.165, 1.54) is 22.2 Å². The maximum atomic E-state index is 4.23. The van der Waals surface area contributed by atoms with Crippen molar-refractivity contribution in [3.05, 3.63) is 45.5 Å². The third-order valence-corrected chi connectivity index (χ3v) is 4.71. The van der Waals surface area contributed by atoms with Crippen molar-refractivity contribution in [1.82, 2.24) is 20.1 Å². The molecule has 0 aliphatic carbocycles. The number of benzene rings is 1. The minimum Gasteiger partial charge on any atom is -0.357 e. The fourth-order valence-corrected chi connectivity index (χ4v) is 3.73. The highest BCUT2D eigenvalue weighted by atomic mass is 32.1. The van der Waals surface area contributed by atoms with E-state index in [1.54, 1.807) is 11.3 Å². The number of para-hydroxylation sites is 1. The first-order valence-corrected chi connectivity index (χ1v) is 7.71. The minimum absolute atomic E-state index is 0.903. The molecular weight excluding hydrogens is 268 g/mol. The van der Waals surface area contributed by atoms with Crippen molar-refractivity contribution in [2.24, 2.45) is 0 Å². The van der Waals surface area contributed by atoms with Crippen molar-refractivity contribution in [1.29, 1.82) is 0 Å². The van der Waals surface area contributed by atoms with Gasteiger partial charge in [0.15, 0.2) is 0 Å². The Morgan fingerprint density at radius 2 is 2.20 bits per heavy atom. The maximum Gasteiger partial charge on any atom is 0.131 e. The number of aryl methyl sites for hydroxylation is 1. The van der Waals surface area contributed by atoms with E-state index in [0.717, 1.165) is 36.1 Å². The molecule has 5 heteroatoms. The third-order valence-electron chi connectivity index (χ3n) is 3.89. The molecule has 0 bridgehead atoms. The zero-order valence-corrected chi connectivity index (χ0v) is 12.2. The summed E-state index contributed by atoms with van der Waals surface area (Å²) in [4.78, 5) is 6.00. The normalized spacial score (nSPS) is 15.7. The average molecular weight is 284 g/mol. The number of rotatable bonds is 2. The molecule has 1 N–H and O–H groups in total. The van der Waals surface area contributed by atoms with Crippen LogP contribution in [0.25, 0.3) is 10.9 Å². The highest BCUT2D eigenvalue weighted by molar-refractivity contribution is 7.11. The highest BCUT2D eigenvalue weighted by Gasteiger charge is 2.21. The Hall–Kier alpha value is -1.72. The van der Waals surface area contributed by atoms with Crippen LogP contribution in [0.5, 0.6) is 0 Å². The van der Waals surface area contributed by atoms with Crippen LogP contribution in [0.2, 0.25) is 0 Å². The van der Waals surface area contributed by atoms with Crippen LogP contribution in [-0.4, -0.2) is 26.6 Å². The lowest BCUT2D eigenvalue weighted by molar-refractivity contribution is 0.242. The number of hydrogen-bond donors (Lipinski definition) is 1. The van der Waals surface area contributed by atoms with Crippen molar-refractivity contribution >= 4 is 22.2 Å². The number of H-pyrrole nitrogens is 1. The molecule has 0 amide bonds. The molecule has 1 aliphatic rings. The number of nitrogens with one attached hydrogen (secondary N) is 1. The first kappa shape index (κ1) is 12.1. The van der Waals surface area contributed by atoms with Gasteiger partial charge in [-0.15, -0.1) is 21.5 Å². The van der Waals surface area contributed by atoms with E-state index in [9.17, 15) is 0 Å². The van der Waals surface area contributed by atoms with Crippen molar-refractivity contribution in [3.63, 3.8) is 0 Å². The van der Waals surface area contributed by atoms with Gasteiger partial charge in [0.1, 0.15) is 10.0 Å². The Bertz CT molecular complexity index is 758. The second kappa shape index (κ2) is 4.68. The number of aromatic nitrogens is 3. The topological polar surface area (TPSA) is 44.8 Å². The van der Waals surface area contributed by atoms with Crippen LogP contribution in [0.3, 0.4) is 0 Å². The standard InChI is InChI=1S/C15H16N4S/c1-10-17-18-15(20-10)9-19-7-6-12-11-4-2-3-5-13(11)16-14(12)8-19/h2-5,16H,6-9H2,1H3. The minimum atomic E-state index is 0.903. The second-order valence-corrected chi connectivity index (χ2v) is 6.57. The molecule has 1 aliphatic heterocycles. The molecule has 4 rings (SSSR count). The Morgan fingerprint density at radius 1 is 1.30 bits per heavy atom. The van der Waals surface area contributed by atoms with E-state index in [4.69, 9.17) is 0 Å². The second-order valence-electron chi connectivity index (χ2n) is 5.30. The van der Waals surface area contributed by atoms with Gasteiger partial charge in [-0.05, 0) is 25.0 Å². The average Bonchev–Trinajstić information content (AvgIpc) is 3.01. The molecule has 0 atom stereocenters. The van der Waals surface area contributed by atoms with Crippen molar-refractivity contribution in [2.45, 2.75) is 26.4 Å². The van der Waals surface area contributed by atoms with Crippen LogP contribution in [0.15, 0.2) is 24.3 Å². The fraction of sp³-hybridized carbons (Fsp3) is 0.333. The number of hydrogen-bond acceptors (Lipinski definition) is 4. The van der Waals surface area contributed by atoms with Gasteiger partial charge in [-0.1, -0.05) is 18.2 Å². The summed E-state index contributed by atoms with van der Waals surface area (Å²) in [5.74, 6) is 0. The molecule has 4 nitrogen and oxygen atoms in total. The Kier molecular flexibility index (Phi) is 2.82. The predicted octanol–water partition coefficient (Wildman–Crippen LogP) is 2.89. The lowest BCUT2D eigenvalue weighted by Gasteiger charge is -2.25. The number of aromatic amines is 1. The number of fused-ring (bicyclic) bond motifs is 3. The van der Waals surface area contributed by atoms with E-state index in [0.29, 0.717) is 0 Å². The summed E-state index contributed by atoms with van der Waals surface area (Å²) in [6, 6.07) is 8.58. The van der Waals surface area contributed by atoms with Gasteiger partial charge >= 0.3 is 0 Å². The van der Waals surface area contributed by atoms with Gasteiger partial charge in [-0.25, -0.2) is 0 Å². The highest BCUT2D eigenvalue weighted by Crippen LogP contribution is 2.28. The van der Waals surface area contributed by atoms with Crippen LogP contribution >= 0.6 is 11.3 Å². The lowest BCUT2D eigenvalue weighted by atomic mass is 10.0. The number of nitrogens with zero attached hydrogens (tertiary/aromatic N) is 3. The molecular formula is C15H16N4S. The van der Waals surface area contributed by atoms with Crippen LogP contribution in [-0.2, 0) is 19.5 Å². The van der Waals surface area contributed by atoms with Gasteiger partial charge in [-0.2, -0.15) is 0 Å². The molecule has 102 valence electrons. The largest absolute Gasteiger partial charge is 0.357 e. The Balaban J connectivity index is 1.60. The predicted molar refractivity (Wildman–Crippen MR) is 80.8 cm³/mol. The summed E-state index contributed by atoms with van der Waals surface area (Å²) in [5.41, 5.74) is 4.11. The molecule has 3 aromatic rings. The quantitative estimate of drug-likeness (QED) is 0.787. The smallest absolute Gasteiger partial charge is 0.131 e. The van der Waals surface area contributed by atoms with Crippen LogP contribution < -0.4 is 0 Å². The zero-order valence-electron chi connectivity index (χ0n) is 11.4. The first-order chi connectivity index (χ1) is 9.79. The summed E-state index contributed by atoms with van der Waals surface area (Å²) in [6.45, 7) is 4.98. The molecule has 0 saturated carbocycles. The molecule has 3 heterocycles. The maximum absolute atomic E-state index is 4.23. The van der Waals surface area contributed by atoms with Crippen LogP contribution in [0.1, 0.15) is 21.3 Å². The lowest BCUT2D eigenvalue weighted by Crippen LogP contribution is -2.29. The van der Waals surface area contributed by atoms with E-state index in [-0.39, 0.29) is 0 Å². The molecule has 20 heavy (non-hydrogen) atoms. The van der Waals surface area contributed by atoms with Gasteiger partial charge in [0.2, 0.25) is 0 Å². The van der Waals surface area contributed by atoms with Crippen molar-refractivity contribution in [2.75, 3.05) is 6.54 Å². The molecule has 0 radical (unpaired) electrons. The van der Waals surface area contributed by atoms with Crippen LogP contribution in [0, 0.1) is 6.92 Å². The molecule has 0 fully saturated rings. The van der Waals surface area contributed by atoms with Gasteiger partial charge < -0.3 is 4.98 Å². The monoisotopic (exact) mass is 284 g/mol. The van der Waals surface area contributed by atoms with Crippen molar-refractivity contribution in [3.8, 4) is 0 Å². The van der Waals surface area contributed by atoms with Crippen molar-refractivity contribution < 1.29 is 0 Å². The van der Waals surface area contributed by atoms with Crippen LogP contribution in [0.4, 0.5) is 0 Å². The summed E-state index contributed by atoms with van der Waals surface area (Å²) in [7, 11) is 0. The zero-order chi connectivity index (χ0) is 13.5.